The molecule has 0 bridgehead atoms. The van der Waals surface area contributed by atoms with Crippen molar-refractivity contribution in [3.63, 3.8) is 0 Å². The SMILES string of the molecule is O=C(c1cc(-c2ccc(F)cc2)n[nH]1)N1CC(Oc2ncccc2Br)C1. The lowest BCUT2D eigenvalue weighted by Gasteiger charge is -2.38. The van der Waals surface area contributed by atoms with Crippen LogP contribution in [0, 0.1) is 5.82 Å². The van der Waals surface area contributed by atoms with E-state index in [-0.39, 0.29) is 17.8 Å². The number of carbonyl (C=O) groups is 1. The molecule has 0 atom stereocenters. The Bertz CT molecular complexity index is 938. The van der Waals surface area contributed by atoms with Crippen LogP contribution in [0.1, 0.15) is 10.5 Å². The van der Waals surface area contributed by atoms with Crippen molar-refractivity contribution in [2.24, 2.45) is 0 Å². The summed E-state index contributed by atoms with van der Waals surface area (Å²) in [7, 11) is 0. The smallest absolute Gasteiger partial charge is 0.272 e. The van der Waals surface area contributed by atoms with Crippen LogP contribution in [0.2, 0.25) is 0 Å². The molecular weight excluding hydrogens is 403 g/mol. The number of nitrogens with zero attached hydrogens (tertiary/aromatic N) is 3. The van der Waals surface area contributed by atoms with Crippen molar-refractivity contribution < 1.29 is 13.9 Å². The number of nitrogens with one attached hydrogen (secondary N) is 1. The van der Waals surface area contributed by atoms with Crippen molar-refractivity contribution in [1.82, 2.24) is 20.1 Å². The molecule has 0 saturated carbocycles. The van der Waals surface area contributed by atoms with Crippen LogP contribution in [0.3, 0.4) is 0 Å². The van der Waals surface area contributed by atoms with E-state index in [1.165, 1.54) is 12.1 Å². The van der Waals surface area contributed by atoms with Gasteiger partial charge in [-0.25, -0.2) is 9.37 Å². The molecule has 1 fully saturated rings. The summed E-state index contributed by atoms with van der Waals surface area (Å²) in [6.07, 6.45) is 1.56. The summed E-state index contributed by atoms with van der Waals surface area (Å²) in [5.74, 6) is 0.0577. The van der Waals surface area contributed by atoms with Crippen molar-refractivity contribution in [1.29, 1.82) is 0 Å². The zero-order valence-electron chi connectivity index (χ0n) is 13.5. The molecule has 2 aromatic heterocycles. The molecule has 6 nitrogen and oxygen atoms in total. The Morgan fingerprint density at radius 3 is 2.77 bits per heavy atom. The number of benzene rings is 1. The third-order valence-corrected chi connectivity index (χ3v) is 4.69. The van der Waals surface area contributed by atoms with E-state index in [9.17, 15) is 9.18 Å². The van der Waals surface area contributed by atoms with Gasteiger partial charge in [-0.2, -0.15) is 5.10 Å². The highest BCUT2D eigenvalue weighted by atomic mass is 79.9. The van der Waals surface area contributed by atoms with Crippen LogP contribution in [0.25, 0.3) is 11.3 Å². The normalized spacial score (nSPS) is 14.2. The quantitative estimate of drug-likeness (QED) is 0.708. The van der Waals surface area contributed by atoms with Crippen molar-refractivity contribution in [2.75, 3.05) is 13.1 Å². The van der Waals surface area contributed by atoms with Gasteiger partial charge >= 0.3 is 0 Å². The number of aromatic nitrogens is 3. The Morgan fingerprint density at radius 1 is 1.27 bits per heavy atom. The standard InChI is InChI=1S/C18H14BrFN4O2/c19-14-2-1-7-21-17(14)26-13-9-24(10-13)18(25)16-8-15(22-23-16)11-3-5-12(20)6-4-11/h1-8,13H,9-10H2,(H,22,23). The molecule has 3 heterocycles. The number of carbonyl (C=O) groups excluding carboxylic acids is 1. The number of rotatable bonds is 4. The molecule has 0 unspecified atom stereocenters. The number of pyridine rings is 1. The second-order valence-electron chi connectivity index (χ2n) is 5.91. The predicted molar refractivity (Wildman–Crippen MR) is 96.2 cm³/mol. The lowest BCUT2D eigenvalue weighted by atomic mass is 10.1. The average Bonchev–Trinajstić information content (AvgIpc) is 3.09. The molecule has 1 aliphatic heterocycles. The Labute approximate surface area is 157 Å². The van der Waals surface area contributed by atoms with Gasteiger partial charge in [0.15, 0.2) is 0 Å². The maximum absolute atomic E-state index is 13.0. The molecule has 1 saturated heterocycles. The molecule has 1 N–H and O–H groups in total. The highest BCUT2D eigenvalue weighted by molar-refractivity contribution is 9.10. The zero-order valence-corrected chi connectivity index (χ0v) is 15.1. The number of hydrogen-bond acceptors (Lipinski definition) is 4. The first-order valence-corrected chi connectivity index (χ1v) is 8.77. The van der Waals surface area contributed by atoms with E-state index in [1.807, 2.05) is 12.1 Å². The third kappa shape index (κ3) is 3.32. The second kappa shape index (κ2) is 6.87. The number of ether oxygens (including phenoxy) is 1. The van der Waals surface area contributed by atoms with Gasteiger partial charge in [0.05, 0.1) is 23.3 Å². The minimum Gasteiger partial charge on any atom is -0.470 e. The van der Waals surface area contributed by atoms with Crippen LogP contribution in [-0.2, 0) is 0 Å². The van der Waals surface area contributed by atoms with Gasteiger partial charge in [0.2, 0.25) is 5.88 Å². The molecule has 1 amide bonds. The van der Waals surface area contributed by atoms with Crippen LogP contribution in [0.5, 0.6) is 5.88 Å². The molecular formula is C18H14BrFN4O2. The van der Waals surface area contributed by atoms with E-state index in [1.54, 1.807) is 29.3 Å². The summed E-state index contributed by atoms with van der Waals surface area (Å²) in [5, 5.41) is 6.88. The topological polar surface area (TPSA) is 71.1 Å². The molecule has 4 rings (SSSR count). The molecule has 8 heteroatoms. The molecule has 1 aliphatic rings. The number of hydrogen-bond donors (Lipinski definition) is 1. The summed E-state index contributed by atoms with van der Waals surface area (Å²) < 4.78 is 19.6. The first-order chi connectivity index (χ1) is 12.6. The van der Waals surface area contributed by atoms with E-state index >= 15 is 0 Å². The highest BCUT2D eigenvalue weighted by Crippen LogP contribution is 2.25. The van der Waals surface area contributed by atoms with Crippen molar-refractivity contribution in [3.05, 3.63) is 64.6 Å². The van der Waals surface area contributed by atoms with Crippen molar-refractivity contribution >= 4 is 21.8 Å². The highest BCUT2D eigenvalue weighted by Gasteiger charge is 2.34. The fraction of sp³-hybridized carbons (Fsp3) is 0.167. The predicted octanol–water partition coefficient (Wildman–Crippen LogP) is 3.28. The minimum absolute atomic E-state index is 0.0929. The van der Waals surface area contributed by atoms with E-state index in [2.05, 4.69) is 31.1 Å². The monoisotopic (exact) mass is 416 g/mol. The van der Waals surface area contributed by atoms with Crippen LogP contribution < -0.4 is 4.74 Å². The molecule has 0 aliphatic carbocycles. The van der Waals surface area contributed by atoms with Gasteiger partial charge < -0.3 is 9.64 Å². The molecule has 0 spiro atoms. The number of aromatic amines is 1. The minimum atomic E-state index is -0.313. The van der Waals surface area contributed by atoms with E-state index in [0.717, 1.165) is 10.0 Å². The molecule has 3 aromatic rings. The van der Waals surface area contributed by atoms with Gasteiger partial charge in [-0.3, -0.25) is 9.89 Å². The van der Waals surface area contributed by atoms with Gasteiger partial charge in [-0.1, -0.05) is 0 Å². The first kappa shape index (κ1) is 16.7. The Hall–Kier alpha value is -2.74. The molecule has 26 heavy (non-hydrogen) atoms. The van der Waals surface area contributed by atoms with E-state index in [4.69, 9.17) is 4.74 Å². The number of H-pyrrole nitrogens is 1. The van der Waals surface area contributed by atoms with E-state index in [0.29, 0.717) is 30.4 Å². The Kier molecular flexibility index (Phi) is 4.42. The first-order valence-electron chi connectivity index (χ1n) is 7.98. The average molecular weight is 417 g/mol. The summed E-state index contributed by atoms with van der Waals surface area (Å²) in [5.41, 5.74) is 1.73. The summed E-state index contributed by atoms with van der Waals surface area (Å²) >= 11 is 3.38. The lowest BCUT2D eigenvalue weighted by molar-refractivity contribution is 0.0152. The third-order valence-electron chi connectivity index (χ3n) is 4.09. The number of likely N-dealkylation sites (tertiary alicyclic amines) is 1. The van der Waals surface area contributed by atoms with Gasteiger partial charge in [0, 0.05) is 11.8 Å². The van der Waals surface area contributed by atoms with E-state index < -0.39 is 0 Å². The number of halogens is 2. The van der Waals surface area contributed by atoms with Crippen LogP contribution in [-0.4, -0.2) is 45.2 Å². The summed E-state index contributed by atoms with van der Waals surface area (Å²) in [6, 6.07) is 11.3. The van der Waals surface area contributed by atoms with Gasteiger partial charge in [0.1, 0.15) is 17.6 Å². The van der Waals surface area contributed by atoms with Crippen LogP contribution in [0.4, 0.5) is 4.39 Å². The van der Waals surface area contributed by atoms with Gasteiger partial charge in [-0.15, -0.1) is 0 Å². The summed E-state index contributed by atoms with van der Waals surface area (Å²) in [6.45, 7) is 0.958. The van der Waals surface area contributed by atoms with Crippen LogP contribution >= 0.6 is 15.9 Å². The van der Waals surface area contributed by atoms with Crippen LogP contribution in [0.15, 0.2) is 53.1 Å². The van der Waals surface area contributed by atoms with Crippen molar-refractivity contribution in [2.45, 2.75) is 6.10 Å². The molecule has 132 valence electrons. The fourth-order valence-electron chi connectivity index (χ4n) is 2.66. The fourth-order valence-corrected chi connectivity index (χ4v) is 3.01. The summed E-state index contributed by atoms with van der Waals surface area (Å²) in [4.78, 5) is 18.3. The maximum Gasteiger partial charge on any atom is 0.272 e. The zero-order chi connectivity index (χ0) is 18.1. The second-order valence-corrected chi connectivity index (χ2v) is 6.77. The largest absolute Gasteiger partial charge is 0.470 e. The lowest BCUT2D eigenvalue weighted by Crippen LogP contribution is -2.56. The Balaban J connectivity index is 1.38. The maximum atomic E-state index is 13.0. The molecule has 1 aromatic carbocycles. The van der Waals surface area contributed by atoms with Gasteiger partial charge in [0.25, 0.3) is 5.91 Å². The molecule has 0 radical (unpaired) electrons. The number of amides is 1. The Morgan fingerprint density at radius 2 is 2.04 bits per heavy atom. The van der Waals surface area contributed by atoms with Crippen molar-refractivity contribution in [3.8, 4) is 17.1 Å². The van der Waals surface area contributed by atoms with Gasteiger partial charge in [-0.05, 0) is 58.4 Å².